The van der Waals surface area contributed by atoms with Gasteiger partial charge in [-0.3, -0.25) is 4.79 Å². The zero-order valence-corrected chi connectivity index (χ0v) is 18.5. The standard InChI is InChI=1S/C18H34O3.C7H6O2/c1-2-3-4-11-14-17(19)15-12-9-7-5-6-8-10-13-16-18(20)21;8-7(9)6-4-2-1-3-5-6/h9,12,17,19H,2-8,10-11,13-16H2,1H3,(H,20,21);1-5H,(H,8,9)/b12-9-;/t17-;/m1./s1. The van der Waals surface area contributed by atoms with Crippen molar-refractivity contribution in [3.63, 3.8) is 0 Å². The molecule has 1 atom stereocenters. The number of hydrogen-bond donors (Lipinski definition) is 3. The first kappa shape index (κ1) is 27.9. The Hall–Kier alpha value is -2.14. The second-order valence-corrected chi connectivity index (χ2v) is 7.58. The van der Waals surface area contributed by atoms with Crippen molar-refractivity contribution in [2.75, 3.05) is 0 Å². The number of carbonyl (C=O) groups is 2. The molecule has 0 saturated carbocycles. The van der Waals surface area contributed by atoms with Gasteiger partial charge in [0.2, 0.25) is 0 Å². The SMILES string of the molecule is CCCCCC[C@@H](O)C/C=C\CCCCCCCC(=O)O.O=C(O)c1ccccc1. The summed E-state index contributed by atoms with van der Waals surface area (Å²) >= 11 is 0. The summed E-state index contributed by atoms with van der Waals surface area (Å²) in [6.07, 6.45) is 17.4. The number of benzene rings is 1. The summed E-state index contributed by atoms with van der Waals surface area (Å²) in [7, 11) is 0. The van der Waals surface area contributed by atoms with E-state index in [1.165, 1.54) is 25.7 Å². The average Bonchev–Trinajstić information content (AvgIpc) is 2.73. The lowest BCUT2D eigenvalue weighted by Gasteiger charge is -2.07. The van der Waals surface area contributed by atoms with Gasteiger partial charge in [-0.15, -0.1) is 0 Å². The van der Waals surface area contributed by atoms with Crippen LogP contribution in [0.2, 0.25) is 0 Å². The van der Waals surface area contributed by atoms with Crippen LogP contribution in [0.15, 0.2) is 42.5 Å². The molecular formula is C25H40O5. The number of carboxylic acid groups (broad SMARTS) is 2. The van der Waals surface area contributed by atoms with Gasteiger partial charge in [0.1, 0.15) is 0 Å². The van der Waals surface area contributed by atoms with E-state index in [9.17, 15) is 14.7 Å². The van der Waals surface area contributed by atoms with Gasteiger partial charge in [-0.25, -0.2) is 4.79 Å². The molecule has 1 aromatic rings. The molecule has 0 fully saturated rings. The summed E-state index contributed by atoms with van der Waals surface area (Å²) in [5, 5.41) is 26.7. The molecule has 0 aliphatic heterocycles. The molecule has 0 aromatic heterocycles. The van der Waals surface area contributed by atoms with Gasteiger partial charge in [0.25, 0.3) is 0 Å². The predicted molar refractivity (Wildman–Crippen MR) is 122 cm³/mol. The fourth-order valence-corrected chi connectivity index (χ4v) is 2.95. The Morgan fingerprint density at radius 3 is 2.10 bits per heavy atom. The van der Waals surface area contributed by atoms with E-state index in [1.54, 1.807) is 30.3 Å². The number of rotatable bonds is 16. The van der Waals surface area contributed by atoms with E-state index >= 15 is 0 Å². The van der Waals surface area contributed by atoms with Gasteiger partial charge >= 0.3 is 11.9 Å². The third-order valence-electron chi connectivity index (χ3n) is 4.75. The Morgan fingerprint density at radius 1 is 0.867 bits per heavy atom. The lowest BCUT2D eigenvalue weighted by molar-refractivity contribution is -0.137. The van der Waals surface area contributed by atoms with Crippen molar-refractivity contribution in [2.45, 2.75) is 96.5 Å². The van der Waals surface area contributed by atoms with Gasteiger partial charge in [-0.2, -0.15) is 0 Å². The minimum absolute atomic E-state index is 0.172. The molecule has 5 heteroatoms. The fourth-order valence-electron chi connectivity index (χ4n) is 2.95. The van der Waals surface area contributed by atoms with Crippen LogP contribution in [0.4, 0.5) is 0 Å². The molecule has 0 aliphatic carbocycles. The smallest absolute Gasteiger partial charge is 0.335 e. The van der Waals surface area contributed by atoms with Crippen molar-refractivity contribution >= 4 is 11.9 Å². The van der Waals surface area contributed by atoms with Crippen LogP contribution in [0.3, 0.4) is 0 Å². The highest BCUT2D eigenvalue weighted by molar-refractivity contribution is 5.87. The average molecular weight is 421 g/mol. The molecule has 30 heavy (non-hydrogen) atoms. The van der Waals surface area contributed by atoms with Gasteiger partial charge in [0.15, 0.2) is 0 Å². The van der Waals surface area contributed by atoms with Gasteiger partial charge in [-0.1, -0.05) is 82.2 Å². The van der Waals surface area contributed by atoms with Crippen molar-refractivity contribution in [2.24, 2.45) is 0 Å². The zero-order valence-electron chi connectivity index (χ0n) is 18.5. The van der Waals surface area contributed by atoms with Gasteiger partial charge in [-0.05, 0) is 44.2 Å². The Balaban J connectivity index is 0.000000769. The number of allylic oxidation sites excluding steroid dienone is 1. The monoisotopic (exact) mass is 420 g/mol. The quantitative estimate of drug-likeness (QED) is 0.211. The van der Waals surface area contributed by atoms with E-state index in [1.807, 2.05) is 0 Å². The number of aliphatic hydroxyl groups excluding tert-OH is 1. The summed E-state index contributed by atoms with van der Waals surface area (Å²) in [5.74, 6) is -1.57. The number of aliphatic hydroxyl groups is 1. The highest BCUT2D eigenvalue weighted by Gasteiger charge is 2.01. The van der Waals surface area contributed by atoms with Crippen molar-refractivity contribution in [3.8, 4) is 0 Å². The maximum Gasteiger partial charge on any atom is 0.335 e. The van der Waals surface area contributed by atoms with Crippen LogP contribution >= 0.6 is 0 Å². The molecule has 0 unspecified atom stereocenters. The first-order valence-corrected chi connectivity index (χ1v) is 11.3. The third kappa shape index (κ3) is 19.2. The van der Waals surface area contributed by atoms with Crippen molar-refractivity contribution in [1.29, 1.82) is 0 Å². The maximum absolute atomic E-state index is 10.3. The predicted octanol–water partition coefficient (Wildman–Crippen LogP) is 6.46. The van der Waals surface area contributed by atoms with Crippen LogP contribution in [-0.4, -0.2) is 33.4 Å². The van der Waals surface area contributed by atoms with Crippen molar-refractivity contribution in [1.82, 2.24) is 0 Å². The van der Waals surface area contributed by atoms with E-state index in [0.29, 0.717) is 12.0 Å². The number of hydrogen-bond acceptors (Lipinski definition) is 3. The van der Waals surface area contributed by atoms with E-state index in [0.717, 1.165) is 51.4 Å². The van der Waals surface area contributed by atoms with Gasteiger partial charge in [0.05, 0.1) is 11.7 Å². The van der Waals surface area contributed by atoms with Crippen LogP contribution in [0, 0.1) is 0 Å². The van der Waals surface area contributed by atoms with E-state index < -0.39 is 11.9 Å². The molecule has 1 rings (SSSR count). The molecule has 0 spiro atoms. The first-order chi connectivity index (χ1) is 14.5. The lowest BCUT2D eigenvalue weighted by Crippen LogP contribution is -2.04. The van der Waals surface area contributed by atoms with E-state index in [2.05, 4.69) is 19.1 Å². The number of aromatic carboxylic acids is 1. The summed E-state index contributed by atoms with van der Waals surface area (Å²) in [6.45, 7) is 2.20. The van der Waals surface area contributed by atoms with Crippen LogP contribution in [-0.2, 0) is 4.79 Å². The molecule has 0 amide bonds. The molecule has 0 bridgehead atoms. The zero-order chi connectivity index (χ0) is 22.5. The van der Waals surface area contributed by atoms with Crippen LogP contribution in [0.1, 0.15) is 101 Å². The molecule has 1 aromatic carbocycles. The first-order valence-electron chi connectivity index (χ1n) is 11.3. The number of carboxylic acids is 2. The second-order valence-electron chi connectivity index (χ2n) is 7.58. The third-order valence-corrected chi connectivity index (χ3v) is 4.75. The van der Waals surface area contributed by atoms with Gasteiger partial charge in [0, 0.05) is 6.42 Å². The minimum Gasteiger partial charge on any atom is -0.481 e. The normalized spacial score (nSPS) is 11.7. The Morgan fingerprint density at radius 2 is 1.50 bits per heavy atom. The fraction of sp³-hybridized carbons (Fsp3) is 0.600. The second kappa shape index (κ2) is 20.1. The van der Waals surface area contributed by atoms with Crippen molar-refractivity contribution in [3.05, 3.63) is 48.0 Å². The molecule has 3 N–H and O–H groups in total. The summed E-state index contributed by atoms with van der Waals surface area (Å²) in [4.78, 5) is 20.5. The molecule has 0 radical (unpaired) electrons. The highest BCUT2D eigenvalue weighted by atomic mass is 16.4. The lowest BCUT2D eigenvalue weighted by atomic mass is 10.1. The Kier molecular flexibility index (Phi) is 18.7. The molecule has 0 aliphatic rings. The number of unbranched alkanes of at least 4 members (excludes halogenated alkanes) is 8. The summed E-state index contributed by atoms with van der Waals surface area (Å²) < 4.78 is 0. The topological polar surface area (TPSA) is 94.8 Å². The highest BCUT2D eigenvalue weighted by Crippen LogP contribution is 2.10. The van der Waals surface area contributed by atoms with Crippen LogP contribution in [0.25, 0.3) is 0 Å². The molecule has 0 heterocycles. The number of aliphatic carboxylic acids is 1. The van der Waals surface area contributed by atoms with Crippen LogP contribution < -0.4 is 0 Å². The Bertz CT molecular complexity index is 568. The summed E-state index contributed by atoms with van der Waals surface area (Å²) in [6, 6.07) is 8.30. The van der Waals surface area contributed by atoms with Gasteiger partial charge < -0.3 is 15.3 Å². The molecule has 5 nitrogen and oxygen atoms in total. The van der Waals surface area contributed by atoms with Crippen LogP contribution in [0.5, 0.6) is 0 Å². The Labute approximate surface area is 181 Å². The maximum atomic E-state index is 10.3. The summed E-state index contributed by atoms with van der Waals surface area (Å²) in [5.41, 5.74) is 0.331. The van der Waals surface area contributed by atoms with Crippen molar-refractivity contribution < 1.29 is 24.9 Å². The molecule has 0 saturated heterocycles. The largest absolute Gasteiger partial charge is 0.481 e. The molecule has 170 valence electrons. The van der Waals surface area contributed by atoms with E-state index in [4.69, 9.17) is 10.2 Å². The van der Waals surface area contributed by atoms with E-state index in [-0.39, 0.29) is 6.10 Å². The minimum atomic E-state index is -0.879. The molecular weight excluding hydrogens is 380 g/mol.